The van der Waals surface area contributed by atoms with Crippen LogP contribution < -0.4 is 5.73 Å². The van der Waals surface area contributed by atoms with E-state index in [1.807, 2.05) is 0 Å². The third-order valence-corrected chi connectivity index (χ3v) is 2.89. The average Bonchev–Trinajstić information content (AvgIpc) is 2.16. The number of aldehydes is 1. The first-order chi connectivity index (χ1) is 6.33. The number of nitrogens with zero attached hydrogens (tertiary/aromatic N) is 1. The molecule has 0 aromatic heterocycles. The van der Waals surface area contributed by atoms with Crippen LogP contribution in [-0.2, 0) is 4.79 Å². The van der Waals surface area contributed by atoms with Crippen molar-refractivity contribution in [3.05, 3.63) is 0 Å². The summed E-state index contributed by atoms with van der Waals surface area (Å²) in [5, 5.41) is 0.569. The van der Waals surface area contributed by atoms with E-state index in [-0.39, 0.29) is 0 Å². The number of carbonyl (C=O) groups excluding carboxylic acids is 1. The van der Waals surface area contributed by atoms with Crippen LogP contribution in [0.3, 0.4) is 0 Å². The maximum absolute atomic E-state index is 10.1. The molecule has 1 rings (SSSR count). The summed E-state index contributed by atoms with van der Waals surface area (Å²) in [6.45, 7) is 0. The Hall–Kier alpha value is -0.510. The van der Waals surface area contributed by atoms with E-state index in [0.717, 1.165) is 19.1 Å². The summed E-state index contributed by atoms with van der Waals surface area (Å²) in [5.74, 6) is 0.419. The Kier molecular flexibility index (Phi) is 4.90. The van der Waals surface area contributed by atoms with E-state index in [1.165, 1.54) is 31.0 Å². The molecular weight excluding hydrogens is 184 g/mol. The third-order valence-electron chi connectivity index (χ3n) is 2.18. The monoisotopic (exact) mass is 200 g/mol. The third kappa shape index (κ3) is 4.31. The van der Waals surface area contributed by atoms with Crippen LogP contribution in [0, 0.1) is 0 Å². The first kappa shape index (κ1) is 10.6. The summed E-state index contributed by atoms with van der Waals surface area (Å²) < 4.78 is 0. The minimum Gasteiger partial charge on any atom is -0.379 e. The molecule has 1 aliphatic rings. The standard InChI is InChI=1S/C9H16N2OS/c10-9(13-7-6-12)11-8-4-2-1-3-5-8/h6,8H,1-5,7H2,(H2,10,11). The number of aliphatic imine (C=N–C) groups is 1. The van der Waals surface area contributed by atoms with Crippen molar-refractivity contribution in [2.24, 2.45) is 10.7 Å². The number of carbonyl (C=O) groups is 1. The van der Waals surface area contributed by atoms with Crippen LogP contribution in [-0.4, -0.2) is 23.2 Å². The van der Waals surface area contributed by atoms with E-state index in [4.69, 9.17) is 5.73 Å². The molecule has 0 atom stereocenters. The first-order valence-corrected chi connectivity index (χ1v) is 5.71. The van der Waals surface area contributed by atoms with Crippen LogP contribution in [0.15, 0.2) is 4.99 Å². The molecule has 1 aliphatic carbocycles. The second-order valence-corrected chi connectivity index (χ2v) is 4.28. The zero-order valence-corrected chi connectivity index (χ0v) is 8.55. The molecule has 3 nitrogen and oxygen atoms in total. The van der Waals surface area contributed by atoms with Crippen molar-refractivity contribution in [1.29, 1.82) is 0 Å². The van der Waals surface area contributed by atoms with Gasteiger partial charge in [-0.2, -0.15) is 0 Å². The van der Waals surface area contributed by atoms with Gasteiger partial charge in [-0.25, -0.2) is 0 Å². The maximum atomic E-state index is 10.1. The molecule has 0 aliphatic heterocycles. The van der Waals surface area contributed by atoms with Crippen molar-refractivity contribution in [2.75, 3.05) is 5.75 Å². The van der Waals surface area contributed by atoms with Crippen molar-refractivity contribution in [3.63, 3.8) is 0 Å². The highest BCUT2D eigenvalue weighted by atomic mass is 32.2. The summed E-state index contributed by atoms with van der Waals surface area (Å²) >= 11 is 1.33. The van der Waals surface area contributed by atoms with Gasteiger partial charge in [0.25, 0.3) is 0 Å². The fourth-order valence-electron chi connectivity index (χ4n) is 1.55. The normalized spacial score (nSPS) is 20.2. The van der Waals surface area contributed by atoms with Gasteiger partial charge >= 0.3 is 0 Å². The molecule has 0 amide bonds. The van der Waals surface area contributed by atoms with Crippen LogP contribution in [0.4, 0.5) is 0 Å². The Bertz CT molecular complexity index is 188. The summed E-state index contributed by atoms with van der Waals surface area (Å²) in [4.78, 5) is 14.4. The van der Waals surface area contributed by atoms with E-state index in [1.54, 1.807) is 0 Å². The largest absolute Gasteiger partial charge is 0.379 e. The molecule has 0 aromatic rings. The van der Waals surface area contributed by atoms with Crippen LogP contribution in [0.5, 0.6) is 0 Å². The van der Waals surface area contributed by atoms with Gasteiger partial charge in [-0.3, -0.25) is 4.99 Å². The summed E-state index contributed by atoms with van der Waals surface area (Å²) in [7, 11) is 0. The Morgan fingerprint density at radius 1 is 1.46 bits per heavy atom. The van der Waals surface area contributed by atoms with Gasteiger partial charge in [0.2, 0.25) is 0 Å². The lowest BCUT2D eigenvalue weighted by molar-refractivity contribution is -0.105. The molecule has 0 heterocycles. The molecule has 0 saturated heterocycles. The number of hydrogen-bond donors (Lipinski definition) is 1. The molecule has 0 radical (unpaired) electrons. The smallest absolute Gasteiger partial charge is 0.154 e. The Labute approximate surface area is 83.2 Å². The average molecular weight is 200 g/mol. The van der Waals surface area contributed by atoms with E-state index >= 15 is 0 Å². The lowest BCUT2D eigenvalue weighted by atomic mass is 9.96. The molecule has 0 unspecified atom stereocenters. The van der Waals surface area contributed by atoms with Gasteiger partial charge in [0.15, 0.2) is 5.17 Å². The molecule has 1 fully saturated rings. The molecular formula is C9H16N2OS. The fourth-order valence-corrected chi connectivity index (χ4v) is 2.01. The summed E-state index contributed by atoms with van der Waals surface area (Å²) in [6, 6.07) is 0.410. The van der Waals surface area contributed by atoms with Gasteiger partial charge in [0.1, 0.15) is 6.29 Å². The van der Waals surface area contributed by atoms with E-state index in [9.17, 15) is 4.79 Å². The number of amidine groups is 1. The molecule has 0 aromatic carbocycles. The molecule has 2 N–H and O–H groups in total. The number of hydrogen-bond acceptors (Lipinski definition) is 3. The predicted octanol–water partition coefficient (Wildman–Crippen LogP) is 1.57. The number of rotatable bonds is 3. The van der Waals surface area contributed by atoms with Crippen LogP contribution >= 0.6 is 11.8 Å². The van der Waals surface area contributed by atoms with Gasteiger partial charge in [0, 0.05) is 0 Å². The topological polar surface area (TPSA) is 55.4 Å². The number of nitrogens with two attached hydrogens (primary N) is 1. The van der Waals surface area contributed by atoms with Gasteiger partial charge in [-0.15, -0.1) is 0 Å². The van der Waals surface area contributed by atoms with Crippen molar-refractivity contribution in [3.8, 4) is 0 Å². The summed E-state index contributed by atoms with van der Waals surface area (Å²) in [5.41, 5.74) is 5.64. The minimum absolute atomic E-state index is 0.410. The van der Waals surface area contributed by atoms with Crippen LogP contribution in [0.2, 0.25) is 0 Å². The SMILES string of the molecule is NC(=NC1CCCCC1)SCC=O. The van der Waals surface area contributed by atoms with Crippen molar-refractivity contribution < 1.29 is 4.79 Å². The zero-order chi connectivity index (χ0) is 9.52. The minimum atomic E-state index is 0.410. The van der Waals surface area contributed by atoms with Crippen LogP contribution in [0.25, 0.3) is 0 Å². The van der Waals surface area contributed by atoms with E-state index in [2.05, 4.69) is 4.99 Å². The second kappa shape index (κ2) is 6.02. The van der Waals surface area contributed by atoms with Gasteiger partial charge in [-0.1, -0.05) is 31.0 Å². The zero-order valence-electron chi connectivity index (χ0n) is 7.74. The molecule has 0 spiro atoms. The Balaban J connectivity index is 2.29. The Morgan fingerprint density at radius 3 is 2.77 bits per heavy atom. The highest BCUT2D eigenvalue weighted by molar-refractivity contribution is 8.14. The van der Waals surface area contributed by atoms with Crippen LogP contribution in [0.1, 0.15) is 32.1 Å². The quantitative estimate of drug-likeness (QED) is 0.427. The second-order valence-electron chi connectivity index (χ2n) is 3.24. The van der Waals surface area contributed by atoms with Gasteiger partial charge < -0.3 is 10.5 Å². The van der Waals surface area contributed by atoms with E-state index < -0.39 is 0 Å². The molecule has 0 bridgehead atoms. The van der Waals surface area contributed by atoms with Crippen molar-refractivity contribution in [2.45, 2.75) is 38.1 Å². The predicted molar refractivity (Wildman–Crippen MR) is 57.0 cm³/mol. The lowest BCUT2D eigenvalue weighted by Crippen LogP contribution is -2.16. The Morgan fingerprint density at radius 2 is 2.15 bits per heavy atom. The van der Waals surface area contributed by atoms with Crippen molar-refractivity contribution >= 4 is 23.2 Å². The van der Waals surface area contributed by atoms with Gasteiger partial charge in [0.05, 0.1) is 11.8 Å². The maximum Gasteiger partial charge on any atom is 0.154 e. The summed E-state index contributed by atoms with van der Waals surface area (Å²) in [6.07, 6.45) is 7.02. The molecule has 1 saturated carbocycles. The molecule has 74 valence electrons. The first-order valence-electron chi connectivity index (χ1n) is 4.72. The van der Waals surface area contributed by atoms with Gasteiger partial charge in [-0.05, 0) is 12.8 Å². The van der Waals surface area contributed by atoms with Crippen molar-refractivity contribution in [1.82, 2.24) is 0 Å². The lowest BCUT2D eigenvalue weighted by Gasteiger charge is -2.17. The molecule has 13 heavy (non-hydrogen) atoms. The molecule has 4 heteroatoms. The highest BCUT2D eigenvalue weighted by Crippen LogP contribution is 2.20. The highest BCUT2D eigenvalue weighted by Gasteiger charge is 2.12. The number of thioether (sulfide) groups is 1. The fraction of sp³-hybridized carbons (Fsp3) is 0.778. The van der Waals surface area contributed by atoms with E-state index in [0.29, 0.717) is 17.0 Å².